The molecular weight excluding hydrogens is 589 g/mol. The first kappa shape index (κ1) is 29.2. The molecule has 0 fully saturated rings. The summed E-state index contributed by atoms with van der Waals surface area (Å²) in [6, 6.07) is 28.1. The van der Waals surface area contributed by atoms with E-state index in [0.29, 0.717) is 22.7 Å². The molecule has 226 valence electrons. The Kier molecular flexibility index (Phi) is 7.82. The number of fused-ring (bicyclic) bond motifs is 1. The number of halogens is 3. The molecule has 0 saturated heterocycles. The fourth-order valence-electron chi connectivity index (χ4n) is 4.74. The Morgan fingerprint density at radius 1 is 0.867 bits per heavy atom. The van der Waals surface area contributed by atoms with Crippen LogP contribution in [0.4, 0.5) is 13.2 Å². The Hall–Kier alpha value is -5.84. The molecular formula is C34H23F3N2O6. The van der Waals surface area contributed by atoms with E-state index < -0.39 is 29.7 Å². The number of carbonyl (C=O) groups excluding carboxylic acids is 1. The van der Waals surface area contributed by atoms with E-state index in [1.165, 1.54) is 28.9 Å². The Morgan fingerprint density at radius 3 is 2.31 bits per heavy atom. The van der Waals surface area contributed by atoms with E-state index in [-0.39, 0.29) is 40.3 Å². The van der Waals surface area contributed by atoms with Gasteiger partial charge in [-0.05, 0) is 30.3 Å². The molecule has 0 atom stereocenters. The topological polar surface area (TPSA) is 104 Å². The molecule has 8 nitrogen and oxygen atoms in total. The highest BCUT2D eigenvalue weighted by Crippen LogP contribution is 2.34. The number of phenols is 1. The van der Waals surface area contributed by atoms with Crippen molar-refractivity contribution in [3.05, 3.63) is 131 Å². The first-order valence-corrected chi connectivity index (χ1v) is 13.6. The van der Waals surface area contributed by atoms with Gasteiger partial charge in [0.1, 0.15) is 40.5 Å². The molecule has 6 aromatic rings. The number of benzene rings is 4. The Morgan fingerprint density at radius 2 is 1.58 bits per heavy atom. The van der Waals surface area contributed by atoms with E-state index in [0.717, 1.165) is 12.1 Å². The van der Waals surface area contributed by atoms with Crippen LogP contribution in [0.1, 0.15) is 11.3 Å². The number of para-hydroxylation sites is 1. The maximum atomic E-state index is 13.4. The number of aromatic hydroxyl groups is 1. The SMILES string of the molecule is O=C(COc1cc(O)c2c(=O)cc(-c3ccccc3)oc2c1)OCc1cc(-c2cccc(C(F)(F)F)c2)n(-c2ccccc2)n1. The number of phenolic OH excluding ortho intramolecular Hbond substituents is 1. The second-order valence-electron chi connectivity index (χ2n) is 9.95. The highest BCUT2D eigenvalue weighted by atomic mass is 19.4. The van der Waals surface area contributed by atoms with E-state index >= 15 is 0 Å². The van der Waals surface area contributed by atoms with Gasteiger partial charge in [0, 0.05) is 29.3 Å². The Bertz CT molecular complexity index is 2050. The zero-order valence-corrected chi connectivity index (χ0v) is 23.3. The van der Waals surface area contributed by atoms with E-state index in [4.69, 9.17) is 13.9 Å². The van der Waals surface area contributed by atoms with E-state index in [9.17, 15) is 27.9 Å². The predicted molar refractivity (Wildman–Crippen MR) is 159 cm³/mol. The number of aromatic nitrogens is 2. The molecule has 0 radical (unpaired) electrons. The monoisotopic (exact) mass is 612 g/mol. The fraction of sp³-hybridized carbons (Fsp3) is 0.0882. The van der Waals surface area contributed by atoms with Gasteiger partial charge in [0.05, 0.1) is 16.9 Å². The average Bonchev–Trinajstić information content (AvgIpc) is 3.47. The van der Waals surface area contributed by atoms with Gasteiger partial charge in [-0.25, -0.2) is 9.48 Å². The first-order chi connectivity index (χ1) is 21.7. The number of hydrogen-bond acceptors (Lipinski definition) is 7. The maximum Gasteiger partial charge on any atom is 0.416 e. The van der Waals surface area contributed by atoms with Gasteiger partial charge in [0.2, 0.25) is 0 Å². The molecule has 0 unspecified atom stereocenters. The molecule has 45 heavy (non-hydrogen) atoms. The number of alkyl halides is 3. The molecule has 4 aromatic carbocycles. The van der Waals surface area contributed by atoms with Crippen molar-refractivity contribution in [2.24, 2.45) is 0 Å². The summed E-state index contributed by atoms with van der Waals surface area (Å²) in [5.74, 6) is -0.796. The number of esters is 1. The van der Waals surface area contributed by atoms with Gasteiger partial charge >= 0.3 is 12.1 Å². The Labute approximate surface area is 253 Å². The number of nitrogens with zero attached hydrogens (tertiary/aromatic N) is 2. The van der Waals surface area contributed by atoms with Crippen molar-refractivity contribution in [3.8, 4) is 39.8 Å². The summed E-state index contributed by atoms with van der Waals surface area (Å²) in [5, 5.41) is 14.9. The third kappa shape index (κ3) is 6.42. The van der Waals surface area contributed by atoms with Gasteiger partial charge in [-0.1, -0.05) is 60.7 Å². The largest absolute Gasteiger partial charge is 0.507 e. The second-order valence-corrected chi connectivity index (χ2v) is 9.95. The van der Waals surface area contributed by atoms with Crippen molar-refractivity contribution < 1.29 is 37.0 Å². The highest BCUT2D eigenvalue weighted by Gasteiger charge is 2.31. The van der Waals surface area contributed by atoms with Crippen LogP contribution in [0.25, 0.3) is 39.2 Å². The maximum absolute atomic E-state index is 13.4. The molecule has 0 spiro atoms. The van der Waals surface area contributed by atoms with Crippen molar-refractivity contribution in [3.63, 3.8) is 0 Å². The highest BCUT2D eigenvalue weighted by molar-refractivity contribution is 5.86. The van der Waals surface area contributed by atoms with Gasteiger partial charge in [0.15, 0.2) is 12.0 Å². The quantitative estimate of drug-likeness (QED) is 0.182. The number of carbonyl (C=O) groups is 1. The molecule has 2 heterocycles. The van der Waals surface area contributed by atoms with Crippen LogP contribution in [0.15, 0.2) is 118 Å². The molecule has 0 saturated carbocycles. The summed E-state index contributed by atoms with van der Waals surface area (Å²) in [4.78, 5) is 25.2. The fourth-order valence-corrected chi connectivity index (χ4v) is 4.74. The standard InChI is InChI=1S/C34H23F3N2O6/c35-34(36,37)23-11-7-10-22(14-23)27-15-24(38-39(27)25-12-5-2-6-13-25)19-44-32(42)20-43-26-16-28(40)33-29(41)18-30(45-31(33)17-26)21-8-3-1-4-9-21/h1-18,40H,19-20H2. The summed E-state index contributed by atoms with van der Waals surface area (Å²) in [5.41, 5.74) is 1.02. The number of rotatable bonds is 8. The lowest BCUT2D eigenvalue weighted by molar-refractivity contribution is -0.147. The molecule has 0 aliphatic rings. The summed E-state index contributed by atoms with van der Waals surface area (Å²) in [6.45, 7) is -0.834. The van der Waals surface area contributed by atoms with Gasteiger partial charge < -0.3 is 19.0 Å². The molecule has 0 aliphatic heterocycles. The Balaban J connectivity index is 1.19. The number of ether oxygens (including phenoxy) is 2. The zero-order chi connectivity index (χ0) is 31.6. The molecule has 0 amide bonds. The van der Waals surface area contributed by atoms with Crippen LogP contribution in [-0.4, -0.2) is 27.5 Å². The van der Waals surface area contributed by atoms with Crippen LogP contribution >= 0.6 is 0 Å². The van der Waals surface area contributed by atoms with Gasteiger partial charge in [-0.2, -0.15) is 18.3 Å². The smallest absolute Gasteiger partial charge is 0.416 e. The van der Waals surface area contributed by atoms with E-state index in [1.807, 2.05) is 6.07 Å². The van der Waals surface area contributed by atoms with E-state index in [2.05, 4.69) is 5.10 Å². The van der Waals surface area contributed by atoms with Crippen LogP contribution in [-0.2, 0) is 22.3 Å². The van der Waals surface area contributed by atoms with Crippen LogP contribution in [0.5, 0.6) is 11.5 Å². The van der Waals surface area contributed by atoms with Crippen molar-refractivity contribution in [2.75, 3.05) is 6.61 Å². The summed E-state index contributed by atoms with van der Waals surface area (Å²) < 4.78 is 58.4. The first-order valence-electron chi connectivity index (χ1n) is 13.6. The molecule has 1 N–H and O–H groups in total. The third-order valence-corrected chi connectivity index (χ3v) is 6.83. The van der Waals surface area contributed by atoms with Crippen LogP contribution in [0.3, 0.4) is 0 Å². The minimum Gasteiger partial charge on any atom is -0.507 e. The molecule has 2 aromatic heterocycles. The van der Waals surface area contributed by atoms with Crippen molar-refractivity contribution in [1.29, 1.82) is 0 Å². The lowest BCUT2D eigenvalue weighted by Crippen LogP contribution is -2.15. The summed E-state index contributed by atoms with van der Waals surface area (Å²) in [6.07, 6.45) is -4.52. The summed E-state index contributed by atoms with van der Waals surface area (Å²) >= 11 is 0. The van der Waals surface area contributed by atoms with Crippen molar-refractivity contribution >= 4 is 16.9 Å². The minimum absolute atomic E-state index is 0.0322. The van der Waals surface area contributed by atoms with Gasteiger partial charge in [0.25, 0.3) is 0 Å². The third-order valence-electron chi connectivity index (χ3n) is 6.83. The average molecular weight is 613 g/mol. The minimum atomic E-state index is -4.52. The zero-order valence-electron chi connectivity index (χ0n) is 23.3. The predicted octanol–water partition coefficient (Wildman–Crippen LogP) is 7.16. The van der Waals surface area contributed by atoms with E-state index in [1.54, 1.807) is 66.7 Å². The second kappa shape index (κ2) is 12.0. The molecule has 6 rings (SSSR count). The lowest BCUT2D eigenvalue weighted by Gasteiger charge is -2.10. The van der Waals surface area contributed by atoms with Gasteiger partial charge in [-0.15, -0.1) is 0 Å². The van der Waals surface area contributed by atoms with Crippen molar-refractivity contribution in [1.82, 2.24) is 9.78 Å². The number of hydrogen-bond donors (Lipinski definition) is 1. The van der Waals surface area contributed by atoms with Crippen LogP contribution in [0, 0.1) is 0 Å². The lowest BCUT2D eigenvalue weighted by atomic mass is 10.1. The molecule has 11 heteroatoms. The normalized spacial score (nSPS) is 11.4. The van der Waals surface area contributed by atoms with Crippen LogP contribution < -0.4 is 10.2 Å². The van der Waals surface area contributed by atoms with Crippen LogP contribution in [0.2, 0.25) is 0 Å². The molecule has 0 bridgehead atoms. The molecule has 0 aliphatic carbocycles. The summed E-state index contributed by atoms with van der Waals surface area (Å²) in [7, 11) is 0. The van der Waals surface area contributed by atoms with Crippen molar-refractivity contribution in [2.45, 2.75) is 12.8 Å². The van der Waals surface area contributed by atoms with Gasteiger partial charge in [-0.3, -0.25) is 4.79 Å².